The number of sulfonamides is 1. The van der Waals surface area contributed by atoms with Crippen molar-refractivity contribution in [2.45, 2.75) is 36.2 Å². The minimum absolute atomic E-state index is 0.192. The minimum Gasteiger partial charge on any atom is -0.335 e. The summed E-state index contributed by atoms with van der Waals surface area (Å²) < 4.78 is 54.3. The standard InChI is InChI=1S/C21H20F2N4O2S/c22-10-14(11-23)26-30(28,29)16-8-9-19(25-13-16)21-18(12-24)17-6-1-2-7-20(17)27(21)15-4-3-5-15/h1-2,6-9,13-15,26H,3-5,10-11H2. The van der Waals surface area contributed by atoms with Crippen LogP contribution in [0.25, 0.3) is 22.3 Å². The highest BCUT2D eigenvalue weighted by atomic mass is 32.2. The second kappa shape index (κ2) is 8.13. The van der Waals surface area contributed by atoms with E-state index in [-0.39, 0.29) is 10.9 Å². The number of benzene rings is 1. The number of alkyl halides is 2. The molecule has 9 heteroatoms. The zero-order chi connectivity index (χ0) is 21.3. The maximum absolute atomic E-state index is 12.7. The number of nitrogens with one attached hydrogen (secondary N) is 1. The number of pyridine rings is 1. The van der Waals surface area contributed by atoms with E-state index >= 15 is 0 Å². The molecule has 3 aromatic rings. The molecule has 2 aromatic heterocycles. The first-order valence-corrected chi connectivity index (χ1v) is 11.1. The fraction of sp³-hybridized carbons (Fsp3) is 0.333. The zero-order valence-electron chi connectivity index (χ0n) is 16.1. The highest BCUT2D eigenvalue weighted by molar-refractivity contribution is 7.89. The van der Waals surface area contributed by atoms with Gasteiger partial charge in [-0.3, -0.25) is 4.98 Å². The van der Waals surface area contributed by atoms with E-state index in [4.69, 9.17) is 0 Å². The van der Waals surface area contributed by atoms with Crippen molar-refractivity contribution in [3.63, 3.8) is 0 Å². The first-order chi connectivity index (χ1) is 14.5. The van der Waals surface area contributed by atoms with E-state index in [2.05, 4.69) is 15.6 Å². The lowest BCUT2D eigenvalue weighted by Crippen LogP contribution is -2.37. The molecular formula is C21H20F2N4O2S. The second-order valence-electron chi connectivity index (χ2n) is 7.31. The van der Waals surface area contributed by atoms with Crippen molar-refractivity contribution in [3.05, 3.63) is 48.2 Å². The van der Waals surface area contributed by atoms with E-state index in [0.717, 1.165) is 36.4 Å². The van der Waals surface area contributed by atoms with Crippen molar-refractivity contribution in [2.75, 3.05) is 13.3 Å². The molecule has 1 fully saturated rings. The van der Waals surface area contributed by atoms with E-state index < -0.39 is 29.4 Å². The summed E-state index contributed by atoms with van der Waals surface area (Å²) in [6.45, 7) is -2.29. The Bertz CT molecular complexity index is 1210. The Labute approximate surface area is 173 Å². The van der Waals surface area contributed by atoms with Gasteiger partial charge in [0.25, 0.3) is 0 Å². The highest BCUT2D eigenvalue weighted by Gasteiger charge is 2.28. The van der Waals surface area contributed by atoms with Gasteiger partial charge in [-0.2, -0.15) is 5.26 Å². The molecule has 156 valence electrons. The molecule has 0 spiro atoms. The molecule has 1 aliphatic rings. The van der Waals surface area contributed by atoms with Crippen LogP contribution in [0, 0.1) is 11.3 Å². The quantitative estimate of drug-likeness (QED) is 0.616. The third-order valence-electron chi connectivity index (χ3n) is 5.45. The zero-order valence-corrected chi connectivity index (χ0v) is 16.9. The molecule has 1 aliphatic carbocycles. The largest absolute Gasteiger partial charge is 0.335 e. The van der Waals surface area contributed by atoms with E-state index in [1.807, 2.05) is 29.0 Å². The lowest BCUT2D eigenvalue weighted by Gasteiger charge is -2.30. The van der Waals surface area contributed by atoms with Crippen molar-refractivity contribution in [3.8, 4) is 17.5 Å². The van der Waals surface area contributed by atoms with E-state index in [0.29, 0.717) is 17.0 Å². The summed E-state index contributed by atoms with van der Waals surface area (Å²) >= 11 is 0. The normalized spacial score (nSPS) is 14.7. The van der Waals surface area contributed by atoms with Gasteiger partial charge in [-0.05, 0) is 37.5 Å². The minimum atomic E-state index is -4.11. The molecule has 0 atom stereocenters. The van der Waals surface area contributed by atoms with E-state index in [1.165, 1.54) is 12.1 Å². The van der Waals surface area contributed by atoms with Crippen molar-refractivity contribution in [1.29, 1.82) is 5.26 Å². The number of aromatic nitrogens is 2. The van der Waals surface area contributed by atoms with Crippen LogP contribution in [0.4, 0.5) is 8.78 Å². The molecule has 4 rings (SSSR count). The molecule has 0 radical (unpaired) electrons. The Kier molecular flexibility index (Phi) is 5.54. The summed E-state index contributed by atoms with van der Waals surface area (Å²) in [6, 6.07) is 11.6. The van der Waals surface area contributed by atoms with Crippen LogP contribution in [0.15, 0.2) is 47.5 Å². The number of hydrogen-bond donors (Lipinski definition) is 1. The van der Waals surface area contributed by atoms with Gasteiger partial charge in [-0.25, -0.2) is 21.9 Å². The van der Waals surface area contributed by atoms with Gasteiger partial charge in [0.05, 0.1) is 28.5 Å². The predicted octanol–water partition coefficient (Wildman–Crippen LogP) is 3.89. The third kappa shape index (κ3) is 3.46. The summed E-state index contributed by atoms with van der Waals surface area (Å²) in [5, 5.41) is 10.7. The molecule has 0 aliphatic heterocycles. The van der Waals surface area contributed by atoms with Crippen molar-refractivity contribution in [1.82, 2.24) is 14.3 Å². The third-order valence-corrected chi connectivity index (χ3v) is 6.95. The fourth-order valence-electron chi connectivity index (χ4n) is 3.72. The Morgan fingerprint density at radius 1 is 1.20 bits per heavy atom. The van der Waals surface area contributed by atoms with Gasteiger partial charge in [0.15, 0.2) is 0 Å². The molecule has 0 bridgehead atoms. The molecule has 0 amide bonds. The molecule has 1 saturated carbocycles. The van der Waals surface area contributed by atoms with Gasteiger partial charge >= 0.3 is 0 Å². The number of nitriles is 1. The average molecular weight is 430 g/mol. The molecule has 6 nitrogen and oxygen atoms in total. The number of fused-ring (bicyclic) bond motifs is 1. The van der Waals surface area contributed by atoms with Gasteiger partial charge in [0.2, 0.25) is 10.0 Å². The Morgan fingerprint density at radius 2 is 1.93 bits per heavy atom. The van der Waals surface area contributed by atoms with Crippen LogP contribution in [0.1, 0.15) is 30.9 Å². The topological polar surface area (TPSA) is 87.8 Å². The fourth-order valence-corrected chi connectivity index (χ4v) is 4.86. The van der Waals surface area contributed by atoms with Gasteiger partial charge in [0, 0.05) is 17.6 Å². The summed E-state index contributed by atoms with van der Waals surface area (Å²) in [7, 11) is -4.11. The van der Waals surface area contributed by atoms with E-state index in [1.54, 1.807) is 0 Å². The van der Waals surface area contributed by atoms with Crippen molar-refractivity contribution >= 4 is 20.9 Å². The van der Waals surface area contributed by atoms with E-state index in [9.17, 15) is 22.5 Å². The van der Waals surface area contributed by atoms with Gasteiger partial charge < -0.3 is 4.57 Å². The van der Waals surface area contributed by atoms with Crippen LogP contribution in [0.3, 0.4) is 0 Å². The van der Waals surface area contributed by atoms with Crippen LogP contribution in [0.5, 0.6) is 0 Å². The highest BCUT2D eigenvalue weighted by Crippen LogP contribution is 2.41. The number of hydrogen-bond acceptors (Lipinski definition) is 4. The van der Waals surface area contributed by atoms with Crippen LogP contribution in [-0.2, 0) is 10.0 Å². The van der Waals surface area contributed by atoms with Crippen LogP contribution in [0.2, 0.25) is 0 Å². The molecule has 0 saturated heterocycles. The Balaban J connectivity index is 1.79. The van der Waals surface area contributed by atoms with Gasteiger partial charge in [-0.1, -0.05) is 18.2 Å². The maximum atomic E-state index is 12.7. The summed E-state index contributed by atoms with van der Waals surface area (Å²) in [6.07, 6.45) is 4.26. The number of nitrogens with zero attached hydrogens (tertiary/aromatic N) is 3. The number of para-hydroxylation sites is 1. The van der Waals surface area contributed by atoms with Crippen LogP contribution < -0.4 is 4.72 Å². The monoisotopic (exact) mass is 430 g/mol. The van der Waals surface area contributed by atoms with Crippen molar-refractivity contribution < 1.29 is 17.2 Å². The molecule has 2 heterocycles. The predicted molar refractivity (Wildman–Crippen MR) is 109 cm³/mol. The Morgan fingerprint density at radius 3 is 2.50 bits per heavy atom. The van der Waals surface area contributed by atoms with Crippen LogP contribution >= 0.6 is 0 Å². The lowest BCUT2D eigenvalue weighted by molar-refractivity contribution is 0.324. The first kappa shape index (κ1) is 20.4. The van der Waals surface area contributed by atoms with Crippen molar-refractivity contribution in [2.24, 2.45) is 0 Å². The smallest absolute Gasteiger partial charge is 0.242 e. The molecular weight excluding hydrogens is 410 g/mol. The average Bonchev–Trinajstić information content (AvgIpc) is 3.05. The Hall–Kier alpha value is -2.83. The van der Waals surface area contributed by atoms with Crippen LogP contribution in [-0.4, -0.2) is 37.4 Å². The summed E-state index contributed by atoms with van der Waals surface area (Å²) in [5.74, 6) is 0. The number of halogens is 2. The molecule has 1 N–H and O–H groups in total. The molecule has 0 unspecified atom stereocenters. The maximum Gasteiger partial charge on any atom is 0.242 e. The molecule has 1 aromatic carbocycles. The lowest BCUT2D eigenvalue weighted by atomic mass is 9.92. The summed E-state index contributed by atoms with van der Waals surface area (Å²) in [4.78, 5) is 4.11. The van der Waals surface area contributed by atoms with Gasteiger partial charge in [0.1, 0.15) is 24.3 Å². The number of rotatable bonds is 7. The summed E-state index contributed by atoms with van der Waals surface area (Å²) in [5.41, 5.74) is 2.57. The SMILES string of the molecule is N#Cc1c(-c2ccc(S(=O)(=O)NC(CF)CF)cn2)n(C2CCC2)c2ccccc12. The van der Waals surface area contributed by atoms with Gasteiger partial charge in [-0.15, -0.1) is 0 Å². The molecule has 30 heavy (non-hydrogen) atoms. The first-order valence-electron chi connectivity index (χ1n) is 9.64. The second-order valence-corrected chi connectivity index (χ2v) is 9.03.